The van der Waals surface area contributed by atoms with Gasteiger partial charge in [-0.1, -0.05) is 11.6 Å². The molecule has 6 heteroatoms. The molecule has 0 saturated heterocycles. The van der Waals surface area contributed by atoms with Gasteiger partial charge in [0.2, 0.25) is 0 Å². The monoisotopic (exact) mass is 232 g/mol. The van der Waals surface area contributed by atoms with Gasteiger partial charge in [-0.3, -0.25) is 4.55 Å². The van der Waals surface area contributed by atoms with Gasteiger partial charge in [-0.15, -0.1) is 0 Å². The van der Waals surface area contributed by atoms with Crippen LogP contribution >= 0.6 is 0 Å². The third-order valence-electron chi connectivity index (χ3n) is 2.69. The second kappa shape index (κ2) is 3.41. The first-order valence-corrected chi connectivity index (χ1v) is 5.94. The smallest absolute Gasteiger partial charge is 0.292 e. The minimum absolute atomic E-state index is 0.201. The van der Waals surface area contributed by atoms with Crippen LogP contribution in [0, 0.1) is 0 Å². The van der Waals surface area contributed by atoms with Crippen LogP contribution in [0.5, 0.6) is 0 Å². The van der Waals surface area contributed by atoms with Crippen molar-refractivity contribution < 1.29 is 13.0 Å². The summed E-state index contributed by atoms with van der Waals surface area (Å²) < 4.78 is 31.5. The van der Waals surface area contributed by atoms with Gasteiger partial charge in [0.15, 0.2) is 0 Å². The third-order valence-corrected chi connectivity index (χ3v) is 3.96. The number of hydrogen-bond acceptors (Lipinski definition) is 4. The number of nitrogens with two attached hydrogens (primary N) is 2. The van der Waals surface area contributed by atoms with Crippen LogP contribution in [-0.4, -0.2) is 24.6 Å². The number of hydrogen-bond donors (Lipinski definition) is 3. The molecule has 1 aliphatic carbocycles. The topological polar surface area (TPSA) is 106 Å². The molecule has 1 aliphatic rings. The van der Waals surface area contributed by atoms with Crippen LogP contribution in [0.3, 0.4) is 0 Å². The van der Waals surface area contributed by atoms with Crippen molar-refractivity contribution in [2.75, 3.05) is 0 Å². The van der Waals surface area contributed by atoms with Gasteiger partial charge in [0.1, 0.15) is 0 Å². The van der Waals surface area contributed by atoms with E-state index in [1.54, 1.807) is 19.9 Å². The van der Waals surface area contributed by atoms with Crippen LogP contribution < -0.4 is 11.5 Å². The summed E-state index contributed by atoms with van der Waals surface area (Å²) in [6.07, 6.45) is 1.63. The summed E-state index contributed by atoms with van der Waals surface area (Å²) in [5.74, 6) is 0. The van der Waals surface area contributed by atoms with Gasteiger partial charge in [0.25, 0.3) is 10.1 Å². The molecule has 86 valence electrons. The van der Waals surface area contributed by atoms with Crippen molar-refractivity contribution in [2.24, 2.45) is 11.5 Å². The summed E-state index contributed by atoms with van der Waals surface area (Å²) >= 11 is 0. The van der Waals surface area contributed by atoms with E-state index >= 15 is 0 Å². The highest BCUT2D eigenvalue weighted by atomic mass is 32.2. The molecule has 2 unspecified atom stereocenters. The standard InChI is InChI=1S/C9H16N2O3S/c1-5-4-6(2)8(15(12,13)14)9(3,11)7(5)10/h4,7H,10-11H2,1-3H3,(H,12,13,14). The van der Waals surface area contributed by atoms with Gasteiger partial charge < -0.3 is 11.5 Å². The molecule has 0 amide bonds. The van der Waals surface area contributed by atoms with Gasteiger partial charge in [-0.2, -0.15) is 8.42 Å². The first kappa shape index (κ1) is 12.4. The highest BCUT2D eigenvalue weighted by molar-refractivity contribution is 7.90. The van der Waals surface area contributed by atoms with Gasteiger partial charge >= 0.3 is 0 Å². The maximum atomic E-state index is 11.2. The van der Waals surface area contributed by atoms with Crippen LogP contribution in [0.25, 0.3) is 0 Å². The van der Waals surface area contributed by atoms with Crippen molar-refractivity contribution in [3.05, 3.63) is 22.1 Å². The largest absolute Gasteiger partial charge is 0.322 e. The molecule has 0 bridgehead atoms. The van der Waals surface area contributed by atoms with E-state index in [1.807, 2.05) is 0 Å². The van der Waals surface area contributed by atoms with E-state index < -0.39 is 21.7 Å². The van der Waals surface area contributed by atoms with Crippen molar-refractivity contribution in [1.29, 1.82) is 0 Å². The molecule has 1 rings (SSSR count). The predicted octanol–water partition coefficient (Wildman–Crippen LogP) is 0.153. The third kappa shape index (κ3) is 1.98. The van der Waals surface area contributed by atoms with E-state index in [2.05, 4.69) is 0 Å². The summed E-state index contributed by atoms with van der Waals surface area (Å²) in [5, 5.41) is 0. The van der Waals surface area contributed by atoms with E-state index in [-0.39, 0.29) is 4.91 Å². The zero-order valence-electron chi connectivity index (χ0n) is 8.98. The Morgan fingerprint density at radius 1 is 1.47 bits per heavy atom. The lowest BCUT2D eigenvalue weighted by Gasteiger charge is -2.37. The van der Waals surface area contributed by atoms with Crippen molar-refractivity contribution in [2.45, 2.75) is 32.4 Å². The normalized spacial score (nSPS) is 32.9. The maximum absolute atomic E-state index is 11.2. The van der Waals surface area contributed by atoms with E-state index in [4.69, 9.17) is 16.0 Å². The second-order valence-corrected chi connectivity index (χ2v) is 5.49. The molecule has 0 aromatic carbocycles. The lowest BCUT2D eigenvalue weighted by molar-refractivity contribution is 0.444. The first-order chi connectivity index (χ1) is 6.58. The molecule has 0 spiro atoms. The molecular weight excluding hydrogens is 216 g/mol. The Hall–Kier alpha value is -0.690. The highest BCUT2D eigenvalue weighted by Gasteiger charge is 2.42. The Morgan fingerprint density at radius 2 is 1.93 bits per heavy atom. The maximum Gasteiger partial charge on any atom is 0.292 e. The fourth-order valence-electron chi connectivity index (χ4n) is 2.02. The van der Waals surface area contributed by atoms with Crippen LogP contribution in [0.1, 0.15) is 20.8 Å². The molecule has 0 aliphatic heterocycles. The van der Waals surface area contributed by atoms with E-state index in [0.29, 0.717) is 5.57 Å². The first-order valence-electron chi connectivity index (χ1n) is 4.50. The zero-order valence-corrected chi connectivity index (χ0v) is 9.80. The number of rotatable bonds is 1. The Kier molecular flexibility index (Phi) is 2.82. The summed E-state index contributed by atoms with van der Waals surface area (Å²) in [5.41, 5.74) is 11.6. The molecule has 0 aromatic rings. The SMILES string of the molecule is CC1=CC(C)=C(S(=O)(=O)O)C(C)(N)C1N. The van der Waals surface area contributed by atoms with E-state index in [1.165, 1.54) is 6.92 Å². The van der Waals surface area contributed by atoms with E-state index in [0.717, 1.165) is 5.57 Å². The average molecular weight is 232 g/mol. The van der Waals surface area contributed by atoms with E-state index in [9.17, 15) is 8.42 Å². The Morgan fingerprint density at radius 3 is 2.33 bits per heavy atom. The summed E-state index contributed by atoms with van der Waals surface area (Å²) in [7, 11) is -4.31. The van der Waals surface area contributed by atoms with Crippen molar-refractivity contribution in [1.82, 2.24) is 0 Å². The van der Waals surface area contributed by atoms with Crippen molar-refractivity contribution in [3.63, 3.8) is 0 Å². The average Bonchev–Trinajstić information content (AvgIpc) is 1.96. The fraction of sp³-hybridized carbons (Fsp3) is 0.556. The molecule has 5 N–H and O–H groups in total. The predicted molar refractivity (Wildman–Crippen MR) is 58.6 cm³/mol. The van der Waals surface area contributed by atoms with Gasteiger partial charge in [-0.05, 0) is 26.3 Å². The minimum Gasteiger partial charge on any atom is -0.322 e. The van der Waals surface area contributed by atoms with Gasteiger partial charge in [0.05, 0.1) is 10.4 Å². The molecular formula is C9H16N2O3S. The van der Waals surface area contributed by atoms with Crippen molar-refractivity contribution >= 4 is 10.1 Å². The van der Waals surface area contributed by atoms with Crippen molar-refractivity contribution in [3.8, 4) is 0 Å². The molecule has 2 atom stereocenters. The second-order valence-electron chi connectivity index (χ2n) is 4.14. The fourth-order valence-corrected chi connectivity index (χ4v) is 3.17. The molecule has 15 heavy (non-hydrogen) atoms. The number of allylic oxidation sites excluding steroid dienone is 2. The van der Waals surface area contributed by atoms with Crippen LogP contribution in [-0.2, 0) is 10.1 Å². The van der Waals surface area contributed by atoms with Gasteiger partial charge in [0, 0.05) is 6.04 Å². The molecule has 0 radical (unpaired) electrons. The summed E-state index contributed by atoms with van der Waals surface area (Å²) in [6.45, 7) is 4.87. The quantitative estimate of drug-likeness (QED) is 0.558. The van der Waals surface area contributed by atoms with Gasteiger partial charge in [-0.25, -0.2) is 0 Å². The lowest BCUT2D eigenvalue weighted by atomic mass is 9.82. The Labute approximate surface area is 89.6 Å². The van der Waals surface area contributed by atoms with Crippen LogP contribution in [0.15, 0.2) is 22.1 Å². The molecule has 0 aromatic heterocycles. The summed E-state index contributed by atoms with van der Waals surface area (Å²) in [4.78, 5) is -0.201. The van der Waals surface area contributed by atoms with Crippen LogP contribution in [0.4, 0.5) is 0 Å². The molecule has 0 saturated carbocycles. The summed E-state index contributed by atoms with van der Waals surface area (Å²) in [6, 6.07) is -0.613. The molecule has 5 nitrogen and oxygen atoms in total. The molecule has 0 fully saturated rings. The highest BCUT2D eigenvalue weighted by Crippen LogP contribution is 2.33. The minimum atomic E-state index is -4.31. The Balaban J connectivity index is 3.52. The Bertz CT molecular complexity index is 446. The lowest BCUT2D eigenvalue weighted by Crippen LogP contribution is -2.57. The van der Waals surface area contributed by atoms with Crippen LogP contribution in [0.2, 0.25) is 0 Å². The molecule has 0 heterocycles. The zero-order chi connectivity index (χ0) is 12.0.